The zero-order valence-corrected chi connectivity index (χ0v) is 14.0. The van der Waals surface area contributed by atoms with Gasteiger partial charge < -0.3 is 0 Å². The summed E-state index contributed by atoms with van der Waals surface area (Å²) < 4.78 is 0. The van der Waals surface area contributed by atoms with Crippen LogP contribution in [-0.4, -0.2) is 11.5 Å². The highest BCUT2D eigenvalue weighted by Gasteiger charge is 1.94. The molecule has 0 N–H and O–H groups in total. The van der Waals surface area contributed by atoms with E-state index in [1.54, 1.807) is 0 Å². The van der Waals surface area contributed by atoms with Gasteiger partial charge in [-0.15, -0.1) is 0 Å². The van der Waals surface area contributed by atoms with Crippen molar-refractivity contribution in [3.63, 3.8) is 0 Å². The number of hydrogen-bond acceptors (Lipinski definition) is 1. The summed E-state index contributed by atoms with van der Waals surface area (Å²) in [6.45, 7) is 2.29. The van der Waals surface area contributed by atoms with E-state index < -0.39 is 0 Å². The average Bonchev–Trinajstić information content (AvgIpc) is 2.49. The van der Waals surface area contributed by atoms with Crippen LogP contribution >= 0.6 is 11.8 Å². The minimum atomic E-state index is 1.22. The zero-order valence-electron chi connectivity index (χ0n) is 13.2. The van der Waals surface area contributed by atoms with Gasteiger partial charge in [-0.1, -0.05) is 76.1 Å². The second-order valence-corrected chi connectivity index (χ2v) is 6.82. The van der Waals surface area contributed by atoms with Gasteiger partial charge in [0.2, 0.25) is 0 Å². The molecule has 0 unspecified atom stereocenters. The van der Waals surface area contributed by atoms with Crippen LogP contribution in [0.15, 0.2) is 24.3 Å². The highest BCUT2D eigenvalue weighted by Crippen LogP contribution is 2.13. The first-order valence-corrected chi connectivity index (χ1v) is 9.61. The largest absolute Gasteiger partial charge is 0.162 e. The molecule has 0 atom stereocenters. The van der Waals surface area contributed by atoms with Crippen molar-refractivity contribution in [2.45, 2.75) is 71.1 Å². The van der Waals surface area contributed by atoms with Crippen LogP contribution in [0.5, 0.6) is 0 Å². The van der Waals surface area contributed by atoms with Crippen molar-refractivity contribution in [2.24, 2.45) is 0 Å². The SMILES string of the molecule is CCCCCCCCCCSCCCc1cc[c]cc1. The van der Waals surface area contributed by atoms with Gasteiger partial charge in [0.1, 0.15) is 0 Å². The fourth-order valence-electron chi connectivity index (χ4n) is 2.41. The third kappa shape index (κ3) is 10.4. The Balaban J connectivity index is 1.77. The third-order valence-corrected chi connectivity index (χ3v) is 4.84. The van der Waals surface area contributed by atoms with Crippen molar-refractivity contribution in [3.05, 3.63) is 35.9 Å². The molecule has 1 aromatic carbocycles. The summed E-state index contributed by atoms with van der Waals surface area (Å²) in [6.07, 6.45) is 14.0. The van der Waals surface area contributed by atoms with E-state index in [2.05, 4.69) is 36.9 Å². The Morgan fingerprint density at radius 1 is 0.800 bits per heavy atom. The van der Waals surface area contributed by atoms with Gasteiger partial charge in [-0.05, 0) is 42.4 Å². The minimum absolute atomic E-state index is 1.22. The van der Waals surface area contributed by atoms with Crippen LogP contribution in [0.2, 0.25) is 0 Å². The molecule has 1 radical (unpaired) electrons. The van der Waals surface area contributed by atoms with E-state index in [0.717, 1.165) is 0 Å². The van der Waals surface area contributed by atoms with E-state index in [4.69, 9.17) is 0 Å². The van der Waals surface area contributed by atoms with Crippen LogP contribution in [0.25, 0.3) is 0 Å². The Kier molecular flexibility index (Phi) is 11.9. The molecular weight excluding hydrogens is 260 g/mol. The van der Waals surface area contributed by atoms with Gasteiger partial charge in [0.05, 0.1) is 0 Å². The zero-order chi connectivity index (χ0) is 14.3. The van der Waals surface area contributed by atoms with Crippen LogP contribution in [0.3, 0.4) is 0 Å². The Hall–Kier alpha value is -0.430. The summed E-state index contributed by atoms with van der Waals surface area (Å²) in [4.78, 5) is 0. The molecule has 0 heterocycles. The summed E-state index contributed by atoms with van der Waals surface area (Å²) >= 11 is 2.14. The quantitative estimate of drug-likeness (QED) is 0.385. The molecule has 0 aliphatic rings. The summed E-state index contributed by atoms with van der Waals surface area (Å²) in [5, 5.41) is 0. The molecule has 0 saturated heterocycles. The van der Waals surface area contributed by atoms with E-state index in [-0.39, 0.29) is 0 Å². The Morgan fingerprint density at radius 3 is 2.10 bits per heavy atom. The maximum absolute atomic E-state index is 3.07. The summed E-state index contributed by atoms with van der Waals surface area (Å²) in [7, 11) is 0. The van der Waals surface area contributed by atoms with E-state index in [1.165, 1.54) is 81.3 Å². The molecule has 1 rings (SSSR count). The molecule has 0 fully saturated rings. The molecule has 0 spiro atoms. The lowest BCUT2D eigenvalue weighted by atomic mass is 10.1. The summed E-state index contributed by atoms with van der Waals surface area (Å²) in [5.74, 6) is 2.67. The number of rotatable bonds is 13. The maximum Gasteiger partial charge on any atom is -0.00644 e. The number of unbranched alkanes of at least 4 members (excludes halogenated alkanes) is 7. The van der Waals surface area contributed by atoms with Crippen molar-refractivity contribution in [3.8, 4) is 0 Å². The number of benzene rings is 1. The van der Waals surface area contributed by atoms with Gasteiger partial charge in [0, 0.05) is 0 Å². The van der Waals surface area contributed by atoms with E-state index in [9.17, 15) is 0 Å². The molecule has 1 aromatic rings. The average molecular weight is 292 g/mol. The lowest BCUT2D eigenvalue weighted by Crippen LogP contribution is -1.89. The summed E-state index contributed by atoms with van der Waals surface area (Å²) in [6, 6.07) is 11.5. The van der Waals surface area contributed by atoms with Crippen LogP contribution in [0.4, 0.5) is 0 Å². The van der Waals surface area contributed by atoms with Crippen LogP contribution in [0, 0.1) is 6.07 Å². The van der Waals surface area contributed by atoms with Crippen LogP contribution < -0.4 is 0 Å². The molecule has 113 valence electrons. The standard InChI is InChI=1S/C19H31S/c1-2-3-4-5-6-7-8-12-17-20-18-13-16-19-14-10-9-11-15-19/h10-11,14-15H,2-8,12-13,16-18H2,1H3. The molecule has 0 bridgehead atoms. The first-order chi connectivity index (χ1) is 9.93. The molecule has 0 aliphatic carbocycles. The molecule has 0 amide bonds. The third-order valence-electron chi connectivity index (χ3n) is 3.68. The van der Waals surface area contributed by atoms with Crippen molar-refractivity contribution in [1.82, 2.24) is 0 Å². The first kappa shape index (κ1) is 17.6. The van der Waals surface area contributed by atoms with Gasteiger partial charge in [-0.2, -0.15) is 11.8 Å². The Morgan fingerprint density at radius 2 is 1.40 bits per heavy atom. The monoisotopic (exact) mass is 291 g/mol. The normalized spacial score (nSPS) is 10.8. The van der Waals surface area contributed by atoms with Crippen molar-refractivity contribution >= 4 is 11.8 Å². The number of aryl methyl sites for hydroxylation is 1. The number of thioether (sulfide) groups is 1. The van der Waals surface area contributed by atoms with Crippen LogP contribution in [-0.2, 0) is 6.42 Å². The van der Waals surface area contributed by atoms with Gasteiger partial charge in [-0.3, -0.25) is 0 Å². The maximum atomic E-state index is 3.07. The van der Waals surface area contributed by atoms with Crippen LogP contribution in [0.1, 0.15) is 70.3 Å². The van der Waals surface area contributed by atoms with E-state index in [1.807, 2.05) is 12.1 Å². The molecule has 0 aliphatic heterocycles. The summed E-state index contributed by atoms with van der Waals surface area (Å²) in [5.41, 5.74) is 1.46. The highest BCUT2D eigenvalue weighted by atomic mass is 32.2. The van der Waals surface area contributed by atoms with Gasteiger partial charge in [0.25, 0.3) is 0 Å². The van der Waals surface area contributed by atoms with Crippen molar-refractivity contribution in [2.75, 3.05) is 11.5 Å². The first-order valence-electron chi connectivity index (χ1n) is 8.46. The van der Waals surface area contributed by atoms with Crippen molar-refractivity contribution in [1.29, 1.82) is 0 Å². The van der Waals surface area contributed by atoms with Gasteiger partial charge >= 0.3 is 0 Å². The lowest BCUT2D eigenvalue weighted by molar-refractivity contribution is 0.586. The molecule has 20 heavy (non-hydrogen) atoms. The minimum Gasteiger partial charge on any atom is -0.162 e. The molecule has 0 nitrogen and oxygen atoms in total. The fourth-order valence-corrected chi connectivity index (χ4v) is 3.37. The topological polar surface area (TPSA) is 0 Å². The molecule has 0 aromatic heterocycles. The van der Waals surface area contributed by atoms with Gasteiger partial charge in [-0.25, -0.2) is 0 Å². The number of hydrogen-bond donors (Lipinski definition) is 0. The second kappa shape index (κ2) is 13.5. The predicted octanol–water partition coefficient (Wildman–Crippen LogP) is 6.29. The molecular formula is C19H31S. The second-order valence-electron chi connectivity index (χ2n) is 5.60. The van der Waals surface area contributed by atoms with E-state index >= 15 is 0 Å². The molecule has 0 saturated carbocycles. The Labute approximate surface area is 130 Å². The smallest absolute Gasteiger partial charge is 0.00644 e. The van der Waals surface area contributed by atoms with E-state index in [0.29, 0.717) is 0 Å². The Bertz CT molecular complexity index is 294. The highest BCUT2D eigenvalue weighted by molar-refractivity contribution is 7.99. The predicted molar refractivity (Wildman–Crippen MR) is 93.5 cm³/mol. The van der Waals surface area contributed by atoms with Gasteiger partial charge in [0.15, 0.2) is 0 Å². The molecule has 1 heteroatoms. The fraction of sp³-hybridized carbons (Fsp3) is 0.684. The van der Waals surface area contributed by atoms with Crippen molar-refractivity contribution < 1.29 is 0 Å². The lowest BCUT2D eigenvalue weighted by Gasteiger charge is -2.03.